The first-order valence-electron chi connectivity index (χ1n) is 9.39. The zero-order chi connectivity index (χ0) is 22.4. The predicted molar refractivity (Wildman–Crippen MR) is 114 cm³/mol. The number of halogens is 2. The van der Waals surface area contributed by atoms with E-state index >= 15 is 0 Å². The molecule has 0 bridgehead atoms. The molecule has 1 atom stereocenters. The van der Waals surface area contributed by atoms with E-state index < -0.39 is 29.0 Å². The fourth-order valence-electron chi connectivity index (χ4n) is 3.87. The smallest absolute Gasteiger partial charge is 0.311 e. The van der Waals surface area contributed by atoms with Crippen molar-refractivity contribution in [2.75, 3.05) is 7.11 Å². The van der Waals surface area contributed by atoms with Crippen molar-refractivity contribution in [3.05, 3.63) is 64.1 Å². The van der Waals surface area contributed by atoms with Gasteiger partial charge in [-0.2, -0.15) is 0 Å². The van der Waals surface area contributed by atoms with Crippen LogP contribution in [0, 0.1) is 18.2 Å². The number of carboxylic acids is 1. The van der Waals surface area contributed by atoms with Crippen molar-refractivity contribution in [3.63, 3.8) is 0 Å². The van der Waals surface area contributed by atoms with Crippen LogP contribution in [0.25, 0.3) is 10.9 Å². The van der Waals surface area contributed by atoms with Gasteiger partial charge in [0.15, 0.2) is 0 Å². The van der Waals surface area contributed by atoms with Crippen molar-refractivity contribution in [3.8, 4) is 5.75 Å². The Morgan fingerprint density at radius 3 is 2.27 bits per heavy atom. The molecule has 158 valence electrons. The van der Waals surface area contributed by atoms with Gasteiger partial charge >= 0.3 is 5.97 Å². The SMILES string of the molecule is COc1cc2c(C(C(=O)O)C(C)(C)C)c(C)n(C(=O)c3ccc(F)cc3)c2cc1Cl. The van der Waals surface area contributed by atoms with Gasteiger partial charge in [0, 0.05) is 16.6 Å². The second kappa shape index (κ2) is 7.76. The number of methoxy groups -OCH3 is 1. The number of ether oxygens (including phenoxy) is 1. The van der Waals surface area contributed by atoms with Gasteiger partial charge in [-0.3, -0.25) is 14.2 Å². The van der Waals surface area contributed by atoms with Gasteiger partial charge in [-0.25, -0.2) is 4.39 Å². The Morgan fingerprint density at radius 1 is 1.17 bits per heavy atom. The third kappa shape index (κ3) is 3.67. The van der Waals surface area contributed by atoms with E-state index in [-0.39, 0.29) is 5.56 Å². The molecule has 0 aliphatic heterocycles. The van der Waals surface area contributed by atoms with Crippen LogP contribution in [0.3, 0.4) is 0 Å². The summed E-state index contributed by atoms with van der Waals surface area (Å²) >= 11 is 6.32. The Hall–Kier alpha value is -2.86. The quantitative estimate of drug-likeness (QED) is 0.579. The zero-order valence-electron chi connectivity index (χ0n) is 17.4. The Labute approximate surface area is 179 Å². The third-order valence-corrected chi connectivity index (χ3v) is 5.52. The van der Waals surface area contributed by atoms with Gasteiger partial charge in [0.2, 0.25) is 0 Å². The Kier molecular flexibility index (Phi) is 5.65. The molecule has 0 saturated carbocycles. The van der Waals surface area contributed by atoms with Crippen LogP contribution in [0.1, 0.15) is 48.3 Å². The second-order valence-electron chi connectivity index (χ2n) is 8.29. The predicted octanol–water partition coefficient (Wildman–Crippen LogP) is 5.65. The topological polar surface area (TPSA) is 68.5 Å². The van der Waals surface area contributed by atoms with E-state index in [0.717, 1.165) is 0 Å². The van der Waals surface area contributed by atoms with Gasteiger partial charge < -0.3 is 9.84 Å². The van der Waals surface area contributed by atoms with E-state index in [1.54, 1.807) is 19.1 Å². The molecule has 0 aliphatic carbocycles. The van der Waals surface area contributed by atoms with Crippen LogP contribution >= 0.6 is 11.6 Å². The maximum Gasteiger partial charge on any atom is 0.311 e. The molecule has 1 aromatic heterocycles. The number of nitrogens with zero attached hydrogens (tertiary/aromatic N) is 1. The van der Waals surface area contributed by atoms with Crippen LogP contribution < -0.4 is 4.74 Å². The average Bonchev–Trinajstić information content (AvgIpc) is 2.91. The normalized spacial score (nSPS) is 12.8. The molecular weight excluding hydrogens is 409 g/mol. The van der Waals surface area contributed by atoms with Crippen molar-refractivity contribution in [2.45, 2.75) is 33.6 Å². The van der Waals surface area contributed by atoms with Crippen LogP contribution in [0.15, 0.2) is 36.4 Å². The van der Waals surface area contributed by atoms with Crippen molar-refractivity contribution >= 4 is 34.4 Å². The number of aliphatic carboxylic acids is 1. The number of hydrogen-bond donors (Lipinski definition) is 1. The fraction of sp³-hybridized carbons (Fsp3) is 0.304. The van der Waals surface area contributed by atoms with E-state index in [1.807, 2.05) is 20.8 Å². The minimum atomic E-state index is -0.993. The van der Waals surface area contributed by atoms with Crippen LogP contribution in [-0.2, 0) is 4.79 Å². The lowest BCUT2D eigenvalue weighted by molar-refractivity contribution is -0.141. The maximum absolute atomic E-state index is 13.3. The highest BCUT2D eigenvalue weighted by Gasteiger charge is 2.38. The molecule has 7 heteroatoms. The Bertz CT molecular complexity index is 1140. The summed E-state index contributed by atoms with van der Waals surface area (Å²) in [5.41, 5.74) is 1.14. The summed E-state index contributed by atoms with van der Waals surface area (Å²) in [6.45, 7) is 7.22. The molecule has 1 unspecified atom stereocenters. The van der Waals surface area contributed by atoms with Gasteiger partial charge in [-0.05, 0) is 54.3 Å². The van der Waals surface area contributed by atoms with E-state index in [4.69, 9.17) is 16.3 Å². The summed E-state index contributed by atoms with van der Waals surface area (Å²) in [6, 6.07) is 8.46. The van der Waals surface area contributed by atoms with E-state index in [9.17, 15) is 19.1 Å². The summed E-state index contributed by atoms with van der Waals surface area (Å²) in [6.07, 6.45) is 0. The number of carbonyl (C=O) groups excluding carboxylic acids is 1. The molecule has 0 fully saturated rings. The molecule has 0 amide bonds. The Morgan fingerprint density at radius 2 is 1.77 bits per heavy atom. The minimum Gasteiger partial charge on any atom is -0.495 e. The molecule has 3 aromatic rings. The van der Waals surface area contributed by atoms with E-state index in [2.05, 4.69) is 0 Å². The molecule has 1 N–H and O–H groups in total. The van der Waals surface area contributed by atoms with Crippen molar-refractivity contribution < 1.29 is 23.8 Å². The lowest BCUT2D eigenvalue weighted by atomic mass is 9.75. The third-order valence-electron chi connectivity index (χ3n) is 5.22. The fourth-order valence-corrected chi connectivity index (χ4v) is 4.11. The highest BCUT2D eigenvalue weighted by atomic mass is 35.5. The monoisotopic (exact) mass is 431 g/mol. The molecule has 0 radical (unpaired) electrons. The van der Waals surface area contributed by atoms with Crippen molar-refractivity contribution in [1.29, 1.82) is 0 Å². The Balaban J connectivity index is 2.40. The van der Waals surface area contributed by atoms with Gasteiger partial charge in [-0.1, -0.05) is 32.4 Å². The van der Waals surface area contributed by atoms with E-state index in [1.165, 1.54) is 35.9 Å². The molecule has 2 aromatic carbocycles. The highest BCUT2D eigenvalue weighted by molar-refractivity contribution is 6.33. The molecule has 30 heavy (non-hydrogen) atoms. The maximum atomic E-state index is 13.3. The van der Waals surface area contributed by atoms with Crippen molar-refractivity contribution in [2.24, 2.45) is 5.41 Å². The standard InChI is InChI=1S/C23H23ClFNO4/c1-12-19(20(22(28)29)23(2,3)4)15-10-18(30-5)16(24)11-17(15)26(12)21(27)13-6-8-14(25)9-7-13/h6-11,20H,1-5H3,(H,28,29). The number of fused-ring (bicyclic) bond motifs is 1. The number of aromatic nitrogens is 1. The second-order valence-corrected chi connectivity index (χ2v) is 8.69. The molecule has 0 aliphatic rings. The molecule has 1 heterocycles. The lowest BCUT2D eigenvalue weighted by Crippen LogP contribution is -2.27. The number of carbonyl (C=O) groups is 2. The van der Waals surface area contributed by atoms with Crippen LogP contribution in [-0.4, -0.2) is 28.7 Å². The number of hydrogen-bond acceptors (Lipinski definition) is 3. The summed E-state index contributed by atoms with van der Waals surface area (Å²) in [5, 5.41) is 10.9. The largest absolute Gasteiger partial charge is 0.495 e. The van der Waals surface area contributed by atoms with E-state index in [0.29, 0.717) is 32.9 Å². The lowest BCUT2D eigenvalue weighted by Gasteiger charge is -2.28. The molecule has 5 nitrogen and oxygen atoms in total. The summed E-state index contributed by atoms with van der Waals surface area (Å²) in [7, 11) is 1.47. The first kappa shape index (κ1) is 21.8. The number of benzene rings is 2. The van der Waals surface area contributed by atoms with Crippen molar-refractivity contribution in [1.82, 2.24) is 4.57 Å². The summed E-state index contributed by atoms with van der Waals surface area (Å²) in [4.78, 5) is 25.6. The molecular formula is C23H23ClFNO4. The number of rotatable bonds is 4. The van der Waals surface area contributed by atoms with Gasteiger partial charge in [0.25, 0.3) is 5.91 Å². The van der Waals surface area contributed by atoms with Gasteiger partial charge in [-0.15, -0.1) is 0 Å². The molecule has 0 saturated heterocycles. The first-order valence-corrected chi connectivity index (χ1v) is 9.76. The van der Waals surface area contributed by atoms with Gasteiger partial charge in [0.1, 0.15) is 11.6 Å². The highest BCUT2D eigenvalue weighted by Crippen LogP contribution is 2.44. The minimum absolute atomic E-state index is 0.275. The van der Waals surface area contributed by atoms with Gasteiger partial charge in [0.05, 0.1) is 23.6 Å². The first-order chi connectivity index (χ1) is 14.0. The average molecular weight is 432 g/mol. The molecule has 0 spiro atoms. The summed E-state index contributed by atoms with van der Waals surface area (Å²) < 4.78 is 20.1. The van der Waals surface area contributed by atoms with Crippen LogP contribution in [0.5, 0.6) is 5.75 Å². The van der Waals surface area contributed by atoms with Crippen LogP contribution in [0.2, 0.25) is 5.02 Å². The summed E-state index contributed by atoms with van der Waals surface area (Å²) in [5.74, 6) is -2.34. The van der Waals surface area contributed by atoms with Crippen LogP contribution in [0.4, 0.5) is 4.39 Å². The molecule has 3 rings (SSSR count). The zero-order valence-corrected chi connectivity index (χ0v) is 18.2. The number of carboxylic acid groups (broad SMARTS) is 1.